The fraction of sp³-hybridized carbons (Fsp3) is 0.462. The summed E-state index contributed by atoms with van der Waals surface area (Å²) in [5.74, 6) is -7.41. The Morgan fingerprint density at radius 2 is 1.76 bits per heavy atom. The summed E-state index contributed by atoms with van der Waals surface area (Å²) >= 11 is 0. The number of carbonyl (C=O) groups excluding carboxylic acids is 4. The molecule has 0 heterocycles. The molecule has 0 spiro atoms. The lowest BCUT2D eigenvalue weighted by molar-refractivity contribution is -0.148. The van der Waals surface area contributed by atoms with Crippen molar-refractivity contribution < 1.29 is 39.6 Å². The van der Waals surface area contributed by atoms with Crippen LogP contribution in [-0.2, 0) is 16.0 Å². The highest BCUT2D eigenvalue weighted by molar-refractivity contribution is 6.25. The summed E-state index contributed by atoms with van der Waals surface area (Å²) < 4.78 is 0. The number of aliphatic hydroxyl groups is 3. The minimum absolute atomic E-state index is 0.0350. The fourth-order valence-electron chi connectivity index (χ4n) is 5.97. The predicted molar refractivity (Wildman–Crippen MR) is 131 cm³/mol. The van der Waals surface area contributed by atoms with Crippen molar-refractivity contribution in [3.8, 4) is 5.75 Å². The minimum Gasteiger partial charge on any atom is -0.510 e. The fourth-order valence-corrected chi connectivity index (χ4v) is 5.97. The maximum Gasteiger partial charge on any atom is 0.255 e. The molecule has 1 amide bonds. The van der Waals surface area contributed by atoms with Crippen molar-refractivity contribution in [3.63, 3.8) is 0 Å². The number of amides is 1. The number of fused-ring (bicyclic) bond motifs is 3. The zero-order valence-electron chi connectivity index (χ0n) is 21.1. The summed E-state index contributed by atoms with van der Waals surface area (Å²) in [5.41, 5.74) is 1.97. The van der Waals surface area contributed by atoms with Crippen molar-refractivity contribution in [1.29, 1.82) is 0 Å². The third-order valence-corrected chi connectivity index (χ3v) is 7.69. The Labute approximate surface area is 213 Å². The quantitative estimate of drug-likeness (QED) is 0.261. The molecule has 4 atom stereocenters. The Kier molecular flexibility index (Phi) is 6.51. The van der Waals surface area contributed by atoms with E-state index in [4.69, 9.17) is 5.73 Å². The van der Waals surface area contributed by atoms with Gasteiger partial charge in [0.05, 0.1) is 11.6 Å². The summed E-state index contributed by atoms with van der Waals surface area (Å²) in [6.07, 6.45) is 0.226. The summed E-state index contributed by atoms with van der Waals surface area (Å²) in [7, 11) is 6.78. The van der Waals surface area contributed by atoms with Crippen LogP contribution >= 0.6 is 0 Å². The average molecular weight is 514 g/mol. The van der Waals surface area contributed by atoms with E-state index in [2.05, 4.69) is 0 Å². The van der Waals surface area contributed by atoms with Crippen LogP contribution in [0.15, 0.2) is 34.8 Å². The monoisotopic (exact) mass is 513 g/mol. The number of hydrogen-bond donors (Lipinski definition) is 5. The molecule has 0 fully saturated rings. The van der Waals surface area contributed by atoms with E-state index in [9.17, 15) is 39.6 Å². The first-order chi connectivity index (χ1) is 17.2. The molecule has 3 aliphatic rings. The van der Waals surface area contributed by atoms with Gasteiger partial charge in [0, 0.05) is 30.0 Å². The first-order valence-corrected chi connectivity index (χ1v) is 11.9. The lowest BCUT2D eigenvalue weighted by Crippen LogP contribution is -2.63. The molecule has 0 aliphatic heterocycles. The van der Waals surface area contributed by atoms with Gasteiger partial charge in [0.1, 0.15) is 22.8 Å². The number of benzene rings is 1. The maximum atomic E-state index is 13.7. The number of primary amides is 1. The van der Waals surface area contributed by atoms with E-state index in [1.165, 1.54) is 17.0 Å². The number of allylic oxidation sites excluding steroid dienone is 1. The van der Waals surface area contributed by atoms with E-state index < -0.39 is 63.8 Å². The zero-order valence-corrected chi connectivity index (χ0v) is 21.1. The first-order valence-electron chi connectivity index (χ1n) is 11.9. The van der Waals surface area contributed by atoms with Crippen LogP contribution in [0.5, 0.6) is 5.75 Å². The Balaban J connectivity index is 1.89. The lowest BCUT2D eigenvalue weighted by atomic mass is 9.58. The van der Waals surface area contributed by atoms with E-state index in [1.807, 2.05) is 19.0 Å². The van der Waals surface area contributed by atoms with Gasteiger partial charge in [0.15, 0.2) is 17.2 Å². The number of likely N-dealkylation sites (N-methyl/N-ethyl adjacent to an activating group) is 1. The summed E-state index contributed by atoms with van der Waals surface area (Å²) in [6.45, 7) is 0.480. The molecular formula is C26H31N3O8. The third-order valence-electron chi connectivity index (χ3n) is 7.69. The number of phenolic OH excluding ortho intramolecular Hbond substituents is 1. The highest BCUT2D eigenvalue weighted by Crippen LogP contribution is 2.52. The van der Waals surface area contributed by atoms with Crippen LogP contribution in [0.1, 0.15) is 39.1 Å². The molecule has 37 heavy (non-hydrogen) atoms. The van der Waals surface area contributed by atoms with E-state index in [-0.39, 0.29) is 41.7 Å². The molecule has 0 aromatic heterocycles. The predicted octanol–water partition coefficient (Wildman–Crippen LogP) is 0.255. The molecule has 198 valence electrons. The van der Waals surface area contributed by atoms with Crippen LogP contribution in [0.2, 0.25) is 0 Å². The van der Waals surface area contributed by atoms with Gasteiger partial charge in [-0.25, -0.2) is 0 Å². The minimum atomic E-state index is -2.70. The van der Waals surface area contributed by atoms with Gasteiger partial charge in [-0.3, -0.25) is 24.1 Å². The second-order valence-electron chi connectivity index (χ2n) is 10.4. The van der Waals surface area contributed by atoms with Gasteiger partial charge in [-0.05, 0) is 64.6 Å². The standard InChI is InChI=1S/C26H31N3O8/c1-28(2)8-7-15(30)12-5-6-16(31)18-13(12)9-11-10-14-20(29(3)4)22(33)19(25(27)36)24(35)26(14,37)23(34)17(11)21(18)32/h5-6,11,14,20,31,33-34,37H,7-10H2,1-4H3,(H2,27,36)/t11-,14-,20-,26-/m1/s1. The summed E-state index contributed by atoms with van der Waals surface area (Å²) in [5, 5.41) is 44.3. The van der Waals surface area contributed by atoms with E-state index >= 15 is 0 Å². The van der Waals surface area contributed by atoms with Crippen LogP contribution in [0.3, 0.4) is 0 Å². The number of ketones is 3. The molecule has 0 bridgehead atoms. The van der Waals surface area contributed by atoms with Crippen molar-refractivity contribution in [2.24, 2.45) is 17.6 Å². The Morgan fingerprint density at radius 3 is 2.32 bits per heavy atom. The van der Waals surface area contributed by atoms with Gasteiger partial charge in [0.2, 0.25) is 5.78 Å². The van der Waals surface area contributed by atoms with Crippen molar-refractivity contribution in [1.82, 2.24) is 9.80 Å². The summed E-state index contributed by atoms with van der Waals surface area (Å²) in [6, 6.07) is 1.63. The van der Waals surface area contributed by atoms with Crippen LogP contribution in [0, 0.1) is 11.8 Å². The van der Waals surface area contributed by atoms with Gasteiger partial charge < -0.3 is 31.1 Å². The third kappa shape index (κ3) is 3.85. The molecule has 0 saturated carbocycles. The van der Waals surface area contributed by atoms with Crippen LogP contribution in [-0.4, -0.2) is 99.9 Å². The molecule has 3 aliphatic carbocycles. The Bertz CT molecular complexity index is 1290. The molecule has 0 radical (unpaired) electrons. The van der Waals surface area contributed by atoms with Crippen LogP contribution in [0.4, 0.5) is 0 Å². The number of phenols is 1. The highest BCUT2D eigenvalue weighted by Gasteiger charge is 2.63. The number of nitrogens with zero attached hydrogens (tertiary/aromatic N) is 2. The molecule has 4 rings (SSSR count). The van der Waals surface area contributed by atoms with Crippen molar-refractivity contribution in [2.45, 2.75) is 30.9 Å². The second-order valence-corrected chi connectivity index (χ2v) is 10.4. The number of hydrogen-bond acceptors (Lipinski definition) is 10. The maximum absolute atomic E-state index is 13.7. The van der Waals surface area contributed by atoms with Gasteiger partial charge in [-0.15, -0.1) is 0 Å². The number of nitrogens with two attached hydrogens (primary N) is 1. The summed E-state index contributed by atoms with van der Waals surface area (Å²) in [4.78, 5) is 55.3. The topological polar surface area (TPSA) is 182 Å². The lowest BCUT2D eigenvalue weighted by Gasteiger charge is -2.50. The zero-order chi connectivity index (χ0) is 27.6. The van der Waals surface area contributed by atoms with Gasteiger partial charge in [-0.1, -0.05) is 0 Å². The molecule has 0 saturated heterocycles. The van der Waals surface area contributed by atoms with E-state index in [0.717, 1.165) is 0 Å². The van der Waals surface area contributed by atoms with Crippen LogP contribution in [0.25, 0.3) is 0 Å². The molecule has 1 aromatic rings. The Hall–Kier alpha value is -3.54. The van der Waals surface area contributed by atoms with Crippen molar-refractivity contribution >= 4 is 23.3 Å². The van der Waals surface area contributed by atoms with Gasteiger partial charge >= 0.3 is 0 Å². The van der Waals surface area contributed by atoms with E-state index in [0.29, 0.717) is 12.1 Å². The first kappa shape index (κ1) is 26.5. The molecular weight excluding hydrogens is 482 g/mol. The molecule has 0 unspecified atom stereocenters. The molecule has 11 nitrogen and oxygen atoms in total. The average Bonchev–Trinajstić information content (AvgIpc) is 2.79. The van der Waals surface area contributed by atoms with Crippen LogP contribution < -0.4 is 5.73 Å². The largest absolute Gasteiger partial charge is 0.510 e. The SMILES string of the molecule is CN(C)CCC(=O)c1ccc(O)c2c1C[C@@H]1C[C@@H]3[C@@H](N(C)C)C(O)=C(C(N)=O)C(=O)[C@]3(O)C(O)=C1C2=O. The molecule has 6 N–H and O–H groups in total. The van der Waals surface area contributed by atoms with Gasteiger partial charge in [0.25, 0.3) is 5.91 Å². The molecule has 1 aromatic carbocycles. The number of rotatable bonds is 6. The van der Waals surface area contributed by atoms with Crippen molar-refractivity contribution in [3.05, 3.63) is 51.5 Å². The van der Waals surface area contributed by atoms with E-state index in [1.54, 1.807) is 14.1 Å². The number of Topliss-reactive ketones (excluding diaryl/α,β-unsaturated/α-hetero) is 3. The van der Waals surface area contributed by atoms with Gasteiger partial charge in [-0.2, -0.15) is 0 Å². The van der Waals surface area contributed by atoms with Crippen molar-refractivity contribution in [2.75, 3.05) is 34.7 Å². The molecule has 11 heteroatoms. The number of aromatic hydroxyl groups is 1. The normalized spacial score (nSPS) is 27.4. The Morgan fingerprint density at radius 1 is 1.11 bits per heavy atom. The number of aliphatic hydroxyl groups excluding tert-OH is 2. The highest BCUT2D eigenvalue weighted by atomic mass is 16.3. The second kappa shape index (κ2) is 9.09. The smallest absolute Gasteiger partial charge is 0.255 e. The number of carbonyl (C=O) groups is 4.